The van der Waals surface area contributed by atoms with Crippen molar-refractivity contribution in [3.8, 4) is 0 Å². The van der Waals surface area contributed by atoms with E-state index in [0.29, 0.717) is 6.07 Å². The Bertz CT molecular complexity index is 609. The number of alkyl halides is 3. The number of halogens is 5. The first-order chi connectivity index (χ1) is 9.81. The number of ketones is 1. The summed E-state index contributed by atoms with van der Waals surface area (Å²) in [6.07, 6.45) is -6.27. The maximum absolute atomic E-state index is 13.4. The first-order valence-electron chi connectivity index (χ1n) is 5.92. The van der Waals surface area contributed by atoms with Gasteiger partial charge in [0, 0.05) is 0 Å². The van der Waals surface area contributed by atoms with Crippen molar-refractivity contribution >= 4 is 33.5 Å². The third kappa shape index (κ3) is 4.97. The number of amides is 1. The second-order valence-electron chi connectivity index (χ2n) is 5.27. The van der Waals surface area contributed by atoms with Crippen LogP contribution in [0.25, 0.3) is 0 Å². The van der Waals surface area contributed by atoms with Gasteiger partial charge in [0.2, 0.25) is 0 Å². The van der Waals surface area contributed by atoms with Crippen LogP contribution in [0, 0.1) is 5.82 Å². The van der Waals surface area contributed by atoms with Crippen LogP contribution in [0.2, 0.25) is 0 Å². The van der Waals surface area contributed by atoms with Gasteiger partial charge in [0.15, 0.2) is 0 Å². The molecule has 1 amide bonds. The third-order valence-electron chi connectivity index (χ3n) is 2.20. The Kier molecular flexibility index (Phi) is 5.21. The number of ether oxygens (including phenoxy) is 1. The van der Waals surface area contributed by atoms with Gasteiger partial charge in [0.25, 0.3) is 5.78 Å². The standard InChI is InChI=1S/C13H12BrF4NO3/c1-12(2,3)22-11(21)19-9-5-7(14)8(15)4-6(9)10(20)13(16,17)18/h4-5H,1-3H3,(H,19,21). The van der Waals surface area contributed by atoms with E-state index in [1.165, 1.54) is 0 Å². The molecule has 0 aliphatic carbocycles. The molecule has 22 heavy (non-hydrogen) atoms. The number of rotatable bonds is 2. The van der Waals surface area contributed by atoms with Crippen LogP contribution in [-0.4, -0.2) is 23.7 Å². The Morgan fingerprint density at radius 1 is 1.18 bits per heavy atom. The summed E-state index contributed by atoms with van der Waals surface area (Å²) in [5.74, 6) is -3.34. The fraction of sp³-hybridized carbons (Fsp3) is 0.385. The summed E-state index contributed by atoms with van der Waals surface area (Å²) in [4.78, 5) is 22.9. The summed E-state index contributed by atoms with van der Waals surface area (Å²) in [5.41, 5.74) is -2.42. The van der Waals surface area contributed by atoms with Gasteiger partial charge in [-0.15, -0.1) is 0 Å². The monoisotopic (exact) mass is 385 g/mol. The second kappa shape index (κ2) is 6.23. The van der Waals surface area contributed by atoms with Crippen molar-refractivity contribution in [2.24, 2.45) is 0 Å². The number of benzene rings is 1. The third-order valence-corrected chi connectivity index (χ3v) is 2.81. The topological polar surface area (TPSA) is 55.4 Å². The van der Waals surface area contributed by atoms with Crippen LogP contribution in [0.1, 0.15) is 31.1 Å². The van der Waals surface area contributed by atoms with Crippen LogP contribution in [0.4, 0.5) is 28.0 Å². The Morgan fingerprint density at radius 2 is 1.73 bits per heavy atom. The summed E-state index contributed by atoms with van der Waals surface area (Å²) in [6.45, 7) is 4.65. The molecule has 0 spiro atoms. The average Bonchev–Trinajstić information content (AvgIpc) is 2.29. The van der Waals surface area contributed by atoms with Gasteiger partial charge >= 0.3 is 12.3 Å². The van der Waals surface area contributed by atoms with E-state index >= 15 is 0 Å². The van der Waals surface area contributed by atoms with E-state index in [9.17, 15) is 27.2 Å². The van der Waals surface area contributed by atoms with E-state index in [1.54, 1.807) is 20.8 Å². The molecule has 0 fully saturated rings. The highest BCUT2D eigenvalue weighted by atomic mass is 79.9. The van der Waals surface area contributed by atoms with Crippen LogP contribution >= 0.6 is 15.9 Å². The lowest BCUT2D eigenvalue weighted by Gasteiger charge is -2.20. The second-order valence-corrected chi connectivity index (χ2v) is 6.12. The Morgan fingerprint density at radius 3 is 2.18 bits per heavy atom. The molecule has 4 nitrogen and oxygen atoms in total. The van der Waals surface area contributed by atoms with Gasteiger partial charge < -0.3 is 4.74 Å². The van der Waals surface area contributed by atoms with Crippen LogP contribution in [0.15, 0.2) is 16.6 Å². The van der Waals surface area contributed by atoms with Crippen molar-refractivity contribution in [2.75, 3.05) is 5.32 Å². The lowest BCUT2D eigenvalue weighted by Crippen LogP contribution is -2.29. The minimum Gasteiger partial charge on any atom is -0.444 e. The molecule has 0 unspecified atom stereocenters. The van der Waals surface area contributed by atoms with Crippen LogP contribution in [-0.2, 0) is 4.74 Å². The zero-order chi connectivity index (χ0) is 17.3. The van der Waals surface area contributed by atoms with Gasteiger partial charge in [-0.05, 0) is 48.8 Å². The number of nitrogens with one attached hydrogen (secondary N) is 1. The molecule has 0 bridgehead atoms. The number of carbonyl (C=O) groups excluding carboxylic acids is 2. The van der Waals surface area contributed by atoms with Crippen molar-refractivity contribution in [3.05, 3.63) is 28.0 Å². The van der Waals surface area contributed by atoms with Gasteiger partial charge in [0.05, 0.1) is 15.7 Å². The van der Waals surface area contributed by atoms with E-state index < -0.39 is 40.7 Å². The molecule has 9 heteroatoms. The first-order valence-corrected chi connectivity index (χ1v) is 6.71. The Labute approximate surface area is 132 Å². The van der Waals surface area contributed by atoms with Gasteiger partial charge in [-0.2, -0.15) is 13.2 Å². The number of anilines is 1. The molecule has 0 aromatic heterocycles. The molecule has 0 aliphatic rings. The Hall–Kier alpha value is -1.64. The highest BCUT2D eigenvalue weighted by Gasteiger charge is 2.41. The number of carbonyl (C=O) groups is 2. The molecule has 0 saturated carbocycles. The number of hydrogen-bond acceptors (Lipinski definition) is 3. The van der Waals surface area contributed by atoms with Crippen LogP contribution < -0.4 is 5.32 Å². The molecule has 1 N–H and O–H groups in total. The fourth-order valence-electron chi connectivity index (χ4n) is 1.40. The smallest absolute Gasteiger partial charge is 0.444 e. The first kappa shape index (κ1) is 18.4. The van der Waals surface area contributed by atoms with E-state index in [0.717, 1.165) is 6.07 Å². The summed E-state index contributed by atoms with van der Waals surface area (Å²) in [7, 11) is 0. The van der Waals surface area contributed by atoms with Crippen molar-refractivity contribution in [3.63, 3.8) is 0 Å². The van der Waals surface area contributed by atoms with Crippen LogP contribution in [0.5, 0.6) is 0 Å². The quantitative estimate of drug-likeness (QED) is 0.593. The molecule has 0 heterocycles. The predicted octanol–water partition coefficient (Wildman–Crippen LogP) is 4.68. The highest BCUT2D eigenvalue weighted by Crippen LogP contribution is 2.30. The van der Waals surface area contributed by atoms with Gasteiger partial charge in [0.1, 0.15) is 11.4 Å². The maximum atomic E-state index is 13.4. The van der Waals surface area contributed by atoms with Crippen LogP contribution in [0.3, 0.4) is 0 Å². The maximum Gasteiger partial charge on any atom is 0.454 e. The zero-order valence-electron chi connectivity index (χ0n) is 11.8. The van der Waals surface area contributed by atoms with E-state index in [2.05, 4.69) is 15.9 Å². The van der Waals surface area contributed by atoms with E-state index in [1.807, 2.05) is 5.32 Å². The summed E-state index contributed by atoms with van der Waals surface area (Å²) < 4.78 is 55.7. The molecule has 0 saturated heterocycles. The number of Topliss-reactive ketones (excluding diaryl/α,β-unsaturated/α-hetero) is 1. The van der Waals surface area contributed by atoms with E-state index in [-0.39, 0.29) is 4.47 Å². The summed E-state index contributed by atoms with van der Waals surface area (Å²) in [5, 5.41) is 2.01. The van der Waals surface area contributed by atoms with Gasteiger partial charge in [-0.25, -0.2) is 9.18 Å². The Balaban J connectivity index is 3.21. The number of hydrogen-bond donors (Lipinski definition) is 1. The molecule has 0 atom stereocenters. The normalized spacial score (nSPS) is 12.0. The van der Waals surface area contributed by atoms with Gasteiger partial charge in [-0.1, -0.05) is 0 Å². The molecule has 122 valence electrons. The average molecular weight is 386 g/mol. The molecule has 1 rings (SSSR count). The molecular weight excluding hydrogens is 374 g/mol. The molecule has 1 aromatic carbocycles. The van der Waals surface area contributed by atoms with Gasteiger partial charge in [-0.3, -0.25) is 10.1 Å². The lowest BCUT2D eigenvalue weighted by molar-refractivity contribution is -0.0884. The lowest BCUT2D eigenvalue weighted by atomic mass is 10.1. The van der Waals surface area contributed by atoms with E-state index in [4.69, 9.17) is 4.74 Å². The minimum atomic E-state index is -5.20. The predicted molar refractivity (Wildman–Crippen MR) is 74.3 cm³/mol. The zero-order valence-corrected chi connectivity index (χ0v) is 13.4. The minimum absolute atomic E-state index is 0.211. The van der Waals surface area contributed by atoms with Crippen molar-refractivity contribution in [1.82, 2.24) is 0 Å². The molecule has 1 aromatic rings. The SMILES string of the molecule is CC(C)(C)OC(=O)Nc1cc(Br)c(F)cc1C(=O)C(F)(F)F. The fourth-order valence-corrected chi connectivity index (χ4v) is 1.75. The summed E-state index contributed by atoms with van der Waals surface area (Å²) in [6, 6.07) is 1.25. The summed E-state index contributed by atoms with van der Waals surface area (Å²) >= 11 is 2.77. The largest absolute Gasteiger partial charge is 0.454 e. The van der Waals surface area contributed by atoms with Crippen molar-refractivity contribution < 1.29 is 31.9 Å². The highest BCUT2D eigenvalue weighted by molar-refractivity contribution is 9.10. The van der Waals surface area contributed by atoms with Crippen molar-refractivity contribution in [1.29, 1.82) is 0 Å². The molecule has 0 aliphatic heterocycles. The molecule has 0 radical (unpaired) electrons. The molecular formula is C13H12BrF4NO3. The van der Waals surface area contributed by atoms with Crippen molar-refractivity contribution in [2.45, 2.75) is 32.5 Å².